The van der Waals surface area contributed by atoms with Crippen molar-refractivity contribution in [2.24, 2.45) is 0 Å². The molecule has 5 heteroatoms. The molecule has 126 valence electrons. The van der Waals surface area contributed by atoms with Gasteiger partial charge in [0.05, 0.1) is 10.8 Å². The van der Waals surface area contributed by atoms with Gasteiger partial charge in [0.2, 0.25) is 0 Å². The number of fused-ring (bicyclic) bond motifs is 2. The fourth-order valence-electron chi connectivity index (χ4n) is 3.00. The molecule has 0 aliphatic carbocycles. The van der Waals surface area contributed by atoms with Gasteiger partial charge < -0.3 is 9.80 Å². The summed E-state index contributed by atoms with van der Waals surface area (Å²) in [6, 6.07) is 8.02. The number of hydrogen-bond acceptors (Lipinski definition) is 5. The lowest BCUT2D eigenvalue weighted by atomic mass is 10.1. The summed E-state index contributed by atoms with van der Waals surface area (Å²) >= 11 is 1.65. The van der Waals surface area contributed by atoms with Crippen molar-refractivity contribution in [2.75, 3.05) is 38.1 Å². The van der Waals surface area contributed by atoms with Crippen molar-refractivity contribution in [3.8, 4) is 0 Å². The van der Waals surface area contributed by atoms with Crippen molar-refractivity contribution in [1.29, 1.82) is 0 Å². The van der Waals surface area contributed by atoms with E-state index >= 15 is 0 Å². The minimum absolute atomic E-state index is 0.0807. The normalized spacial score (nSPS) is 11.5. The number of nitrogens with zero attached hydrogens (tertiary/aromatic N) is 3. The highest BCUT2D eigenvalue weighted by atomic mass is 32.1. The van der Waals surface area contributed by atoms with E-state index in [1.54, 1.807) is 23.7 Å². The average Bonchev–Trinajstić information content (AvgIpc) is 2.62. The first kappa shape index (κ1) is 16.9. The molecule has 3 aromatic rings. The molecular formula is C19H23N3OS. The van der Waals surface area contributed by atoms with Gasteiger partial charge in [-0.25, -0.2) is 0 Å². The van der Waals surface area contributed by atoms with Crippen molar-refractivity contribution < 1.29 is 0 Å². The van der Waals surface area contributed by atoms with E-state index in [4.69, 9.17) is 0 Å². The van der Waals surface area contributed by atoms with Gasteiger partial charge in [0.15, 0.2) is 5.43 Å². The Morgan fingerprint density at radius 1 is 1.08 bits per heavy atom. The van der Waals surface area contributed by atoms with Crippen LogP contribution in [0.25, 0.3) is 20.2 Å². The Morgan fingerprint density at radius 2 is 1.88 bits per heavy atom. The molecule has 0 saturated heterocycles. The minimum atomic E-state index is 0.0807. The molecule has 1 aromatic carbocycles. The molecule has 4 nitrogen and oxygen atoms in total. The van der Waals surface area contributed by atoms with Crippen LogP contribution in [0.15, 0.2) is 41.5 Å². The Hall–Kier alpha value is -1.98. The number of hydrogen-bond donors (Lipinski definition) is 0. The molecule has 0 fully saturated rings. The third-order valence-electron chi connectivity index (χ3n) is 4.53. The van der Waals surface area contributed by atoms with Crippen LogP contribution in [0.5, 0.6) is 0 Å². The Kier molecular flexibility index (Phi) is 5.11. The third kappa shape index (κ3) is 3.14. The maximum absolute atomic E-state index is 13.0. The molecule has 0 spiro atoms. The van der Waals surface area contributed by atoms with E-state index in [2.05, 4.69) is 35.7 Å². The fourth-order valence-corrected chi connectivity index (χ4v) is 4.06. The highest BCUT2D eigenvalue weighted by molar-refractivity contribution is 7.24. The molecular weight excluding hydrogens is 318 g/mol. The van der Waals surface area contributed by atoms with Crippen LogP contribution in [0, 0.1) is 0 Å². The molecule has 0 saturated carbocycles. The summed E-state index contributed by atoms with van der Waals surface area (Å²) in [5.74, 6) is 0. The van der Waals surface area contributed by atoms with Crippen molar-refractivity contribution in [2.45, 2.75) is 13.8 Å². The molecule has 0 unspecified atom stereocenters. The van der Waals surface area contributed by atoms with Crippen molar-refractivity contribution >= 4 is 37.2 Å². The first-order chi connectivity index (χ1) is 11.7. The van der Waals surface area contributed by atoms with E-state index in [1.165, 1.54) is 0 Å². The summed E-state index contributed by atoms with van der Waals surface area (Å²) in [7, 11) is 2.07. The highest BCUT2D eigenvalue weighted by Crippen LogP contribution is 2.30. The molecule has 24 heavy (non-hydrogen) atoms. The number of aromatic nitrogens is 1. The van der Waals surface area contributed by atoms with Gasteiger partial charge in [0.25, 0.3) is 0 Å². The topological polar surface area (TPSA) is 36.4 Å². The summed E-state index contributed by atoms with van der Waals surface area (Å²) in [6.45, 7) is 8.34. The smallest absolute Gasteiger partial charge is 0.199 e. The molecule has 2 heterocycles. The van der Waals surface area contributed by atoms with Crippen LogP contribution in [-0.4, -0.2) is 43.1 Å². The molecule has 0 aliphatic heterocycles. The second-order valence-electron chi connectivity index (χ2n) is 5.90. The van der Waals surface area contributed by atoms with E-state index in [9.17, 15) is 4.79 Å². The van der Waals surface area contributed by atoms with E-state index in [1.807, 2.05) is 24.3 Å². The molecule has 0 aliphatic rings. The van der Waals surface area contributed by atoms with Crippen LogP contribution in [0.1, 0.15) is 13.8 Å². The van der Waals surface area contributed by atoms with E-state index in [-0.39, 0.29) is 5.43 Å². The zero-order chi connectivity index (χ0) is 17.1. The van der Waals surface area contributed by atoms with Gasteiger partial charge in [-0.1, -0.05) is 19.9 Å². The van der Waals surface area contributed by atoms with Gasteiger partial charge in [-0.2, -0.15) is 0 Å². The molecule has 3 rings (SSSR count). The minimum Gasteiger partial charge on any atom is -0.373 e. The maximum Gasteiger partial charge on any atom is 0.199 e. The lowest BCUT2D eigenvalue weighted by Crippen LogP contribution is -2.33. The predicted octanol–water partition coefficient (Wildman–Crippen LogP) is 3.59. The Morgan fingerprint density at radius 3 is 2.62 bits per heavy atom. The Labute approximate surface area is 146 Å². The Bertz CT molecular complexity index is 902. The molecule has 0 radical (unpaired) electrons. The van der Waals surface area contributed by atoms with Crippen LogP contribution in [0.4, 0.5) is 5.69 Å². The molecule has 0 atom stereocenters. The van der Waals surface area contributed by atoms with Crippen molar-refractivity contribution in [1.82, 2.24) is 9.88 Å². The summed E-state index contributed by atoms with van der Waals surface area (Å²) < 4.78 is 2.02. The van der Waals surface area contributed by atoms with E-state index in [0.29, 0.717) is 5.39 Å². The van der Waals surface area contributed by atoms with Crippen LogP contribution in [0.2, 0.25) is 0 Å². The van der Waals surface area contributed by atoms with Gasteiger partial charge in [0, 0.05) is 47.6 Å². The molecule has 0 N–H and O–H groups in total. The predicted molar refractivity (Wildman–Crippen MR) is 104 cm³/mol. The number of likely N-dealkylation sites (N-methyl/N-ethyl adjacent to an activating group) is 2. The van der Waals surface area contributed by atoms with Crippen LogP contribution in [-0.2, 0) is 0 Å². The second kappa shape index (κ2) is 7.28. The van der Waals surface area contributed by atoms with Gasteiger partial charge in [0.1, 0.15) is 0 Å². The Balaban J connectivity index is 2.05. The lowest BCUT2D eigenvalue weighted by Gasteiger charge is -2.25. The largest absolute Gasteiger partial charge is 0.373 e. The standard InChI is InChI=1S/C19H23N3OS/c1-4-22(5-2)12-11-21(3)15-7-6-8-17-18(15)19(23)14-13-20-10-9-16(14)24-17/h6-10,13H,4-5,11-12H2,1-3H3. The van der Waals surface area contributed by atoms with Crippen LogP contribution < -0.4 is 10.3 Å². The second-order valence-corrected chi connectivity index (χ2v) is 6.99. The average molecular weight is 341 g/mol. The SMILES string of the molecule is CCN(CC)CCN(C)c1cccc2sc3ccncc3c(=O)c12. The molecule has 2 aromatic heterocycles. The summed E-state index contributed by atoms with van der Waals surface area (Å²) in [5, 5.41) is 1.52. The van der Waals surface area contributed by atoms with Crippen LogP contribution >= 0.6 is 11.3 Å². The molecule has 0 amide bonds. The summed E-state index contributed by atoms with van der Waals surface area (Å²) in [4.78, 5) is 21.7. The van der Waals surface area contributed by atoms with Gasteiger partial charge in [-0.15, -0.1) is 11.3 Å². The zero-order valence-electron chi connectivity index (χ0n) is 14.5. The van der Waals surface area contributed by atoms with Crippen molar-refractivity contribution in [3.63, 3.8) is 0 Å². The summed E-state index contributed by atoms with van der Waals surface area (Å²) in [6.07, 6.45) is 3.42. The highest BCUT2D eigenvalue weighted by Gasteiger charge is 2.13. The van der Waals surface area contributed by atoms with Gasteiger partial charge in [-0.05, 0) is 31.3 Å². The summed E-state index contributed by atoms with van der Waals surface area (Å²) in [5.41, 5.74) is 1.09. The quantitative estimate of drug-likeness (QED) is 0.642. The van der Waals surface area contributed by atoms with E-state index in [0.717, 1.165) is 46.7 Å². The van der Waals surface area contributed by atoms with Gasteiger partial charge in [-0.3, -0.25) is 9.78 Å². The number of pyridine rings is 1. The number of anilines is 1. The lowest BCUT2D eigenvalue weighted by molar-refractivity contribution is 0.311. The van der Waals surface area contributed by atoms with Gasteiger partial charge >= 0.3 is 0 Å². The molecule has 0 bridgehead atoms. The fraction of sp³-hybridized carbons (Fsp3) is 0.368. The number of benzene rings is 1. The maximum atomic E-state index is 13.0. The van der Waals surface area contributed by atoms with E-state index < -0.39 is 0 Å². The monoisotopic (exact) mass is 341 g/mol. The first-order valence-electron chi connectivity index (χ1n) is 8.38. The first-order valence-corrected chi connectivity index (χ1v) is 9.20. The third-order valence-corrected chi connectivity index (χ3v) is 5.67. The zero-order valence-corrected chi connectivity index (χ0v) is 15.3. The van der Waals surface area contributed by atoms with Crippen LogP contribution in [0.3, 0.4) is 0 Å². The number of rotatable bonds is 6. The van der Waals surface area contributed by atoms with Crippen molar-refractivity contribution in [3.05, 3.63) is 46.9 Å².